The molecule has 28 heavy (non-hydrogen) atoms. The number of carbonyl (C=O) groups is 1. The molecule has 0 bridgehead atoms. The molecule has 2 atom stereocenters. The summed E-state index contributed by atoms with van der Waals surface area (Å²) >= 11 is 3.10. The second-order valence-electron chi connectivity index (χ2n) is 6.72. The number of aromatic nitrogens is 3. The van der Waals surface area contributed by atoms with Gasteiger partial charge < -0.3 is 9.88 Å². The van der Waals surface area contributed by atoms with Crippen molar-refractivity contribution in [2.45, 2.75) is 56.6 Å². The summed E-state index contributed by atoms with van der Waals surface area (Å²) in [6, 6.07) is 14.5. The number of carbonyl (C=O) groups excluding carboxylic acids is 1. The minimum atomic E-state index is -0.232. The van der Waals surface area contributed by atoms with E-state index in [-0.39, 0.29) is 17.2 Å². The number of amides is 1. The molecule has 3 aromatic rings. The molecule has 2 heterocycles. The number of rotatable bonds is 9. The molecule has 0 aliphatic heterocycles. The van der Waals surface area contributed by atoms with Crippen molar-refractivity contribution in [2.24, 2.45) is 0 Å². The van der Waals surface area contributed by atoms with E-state index >= 15 is 0 Å². The van der Waals surface area contributed by atoms with Crippen molar-refractivity contribution in [1.82, 2.24) is 20.1 Å². The smallest absolute Gasteiger partial charge is 0.233 e. The van der Waals surface area contributed by atoms with E-state index in [0.29, 0.717) is 0 Å². The fourth-order valence-electron chi connectivity index (χ4n) is 2.92. The van der Waals surface area contributed by atoms with E-state index in [1.807, 2.05) is 42.6 Å². The summed E-state index contributed by atoms with van der Waals surface area (Å²) in [7, 11) is 0. The summed E-state index contributed by atoms with van der Waals surface area (Å²) in [5.41, 5.74) is 1.29. The van der Waals surface area contributed by atoms with Gasteiger partial charge >= 0.3 is 0 Å². The molecule has 0 radical (unpaired) electrons. The number of hydrogen-bond acceptors (Lipinski definition) is 5. The van der Waals surface area contributed by atoms with E-state index in [0.717, 1.165) is 35.2 Å². The molecule has 0 aliphatic carbocycles. The van der Waals surface area contributed by atoms with E-state index < -0.39 is 0 Å². The van der Waals surface area contributed by atoms with Crippen molar-refractivity contribution in [3.8, 4) is 10.7 Å². The zero-order chi connectivity index (χ0) is 19.9. The minimum Gasteiger partial charge on any atom is -0.353 e. The van der Waals surface area contributed by atoms with Gasteiger partial charge in [0.25, 0.3) is 0 Å². The fourth-order valence-corrected chi connectivity index (χ4v) is 4.56. The first-order chi connectivity index (χ1) is 13.6. The molecule has 7 heteroatoms. The van der Waals surface area contributed by atoms with Gasteiger partial charge in [0.15, 0.2) is 11.0 Å². The topological polar surface area (TPSA) is 59.8 Å². The number of aryl methyl sites for hydroxylation is 1. The Labute approximate surface area is 174 Å². The van der Waals surface area contributed by atoms with Gasteiger partial charge in [0.05, 0.1) is 10.1 Å². The van der Waals surface area contributed by atoms with Crippen molar-refractivity contribution < 1.29 is 4.79 Å². The van der Waals surface area contributed by atoms with Crippen molar-refractivity contribution in [3.63, 3.8) is 0 Å². The molecule has 1 amide bonds. The van der Waals surface area contributed by atoms with Gasteiger partial charge in [0, 0.05) is 12.6 Å². The van der Waals surface area contributed by atoms with Gasteiger partial charge in [-0.15, -0.1) is 21.5 Å². The summed E-state index contributed by atoms with van der Waals surface area (Å²) in [4.78, 5) is 13.7. The van der Waals surface area contributed by atoms with E-state index in [1.54, 1.807) is 11.3 Å². The monoisotopic (exact) mass is 414 g/mol. The first-order valence-corrected chi connectivity index (χ1v) is 11.3. The average molecular weight is 415 g/mol. The van der Waals surface area contributed by atoms with Gasteiger partial charge in [0.2, 0.25) is 5.91 Å². The van der Waals surface area contributed by atoms with Gasteiger partial charge in [-0.1, -0.05) is 48.2 Å². The van der Waals surface area contributed by atoms with E-state index in [1.165, 1.54) is 17.3 Å². The molecule has 148 valence electrons. The van der Waals surface area contributed by atoms with E-state index in [4.69, 9.17) is 0 Å². The summed E-state index contributed by atoms with van der Waals surface area (Å²) in [5, 5.41) is 14.4. The van der Waals surface area contributed by atoms with Crippen LogP contribution in [0.15, 0.2) is 53.0 Å². The van der Waals surface area contributed by atoms with Crippen LogP contribution in [0.3, 0.4) is 0 Å². The summed E-state index contributed by atoms with van der Waals surface area (Å²) in [5.74, 6) is 0.901. The van der Waals surface area contributed by atoms with Crippen LogP contribution in [-0.4, -0.2) is 32.0 Å². The van der Waals surface area contributed by atoms with Crippen molar-refractivity contribution in [1.29, 1.82) is 0 Å². The quantitative estimate of drug-likeness (QED) is 0.518. The Balaban J connectivity index is 1.55. The number of hydrogen-bond donors (Lipinski definition) is 1. The number of benzene rings is 1. The number of thioether (sulfide) groups is 1. The van der Waals surface area contributed by atoms with Crippen LogP contribution >= 0.6 is 23.1 Å². The maximum Gasteiger partial charge on any atom is 0.233 e. The molecule has 0 unspecified atom stereocenters. The molecule has 0 spiro atoms. The number of nitrogens with one attached hydrogen (secondary N) is 1. The largest absolute Gasteiger partial charge is 0.353 e. The second kappa shape index (κ2) is 9.89. The summed E-state index contributed by atoms with van der Waals surface area (Å²) < 4.78 is 2.07. The maximum atomic E-state index is 12.6. The molecule has 0 saturated carbocycles. The van der Waals surface area contributed by atoms with Crippen LogP contribution in [-0.2, 0) is 17.8 Å². The highest BCUT2D eigenvalue weighted by Gasteiger charge is 2.21. The van der Waals surface area contributed by atoms with Crippen molar-refractivity contribution in [3.05, 3.63) is 53.4 Å². The highest BCUT2D eigenvalue weighted by atomic mass is 32.2. The normalized spacial score (nSPS) is 13.2. The van der Waals surface area contributed by atoms with Crippen molar-refractivity contribution >= 4 is 29.0 Å². The predicted molar refractivity (Wildman–Crippen MR) is 117 cm³/mol. The minimum absolute atomic E-state index is 0.0360. The molecule has 5 nitrogen and oxygen atoms in total. The molecular weight excluding hydrogens is 388 g/mol. The predicted octanol–water partition coefficient (Wildman–Crippen LogP) is 4.64. The molecule has 0 saturated heterocycles. The Morgan fingerprint density at radius 3 is 2.64 bits per heavy atom. The molecule has 1 N–H and O–H groups in total. The maximum absolute atomic E-state index is 12.6. The highest BCUT2D eigenvalue weighted by molar-refractivity contribution is 8.00. The Morgan fingerprint density at radius 2 is 1.96 bits per heavy atom. The van der Waals surface area contributed by atoms with Crippen molar-refractivity contribution in [2.75, 3.05) is 0 Å². The van der Waals surface area contributed by atoms with Crippen LogP contribution in [0.2, 0.25) is 0 Å². The van der Waals surface area contributed by atoms with Gasteiger partial charge in [-0.25, -0.2) is 0 Å². The standard InChI is InChI=1S/C21H26N4OS2/c1-4-25-19(18-11-8-14-27-18)23-24-21(25)28-16(3)20(26)22-15(2)12-13-17-9-6-5-7-10-17/h5-11,14-16H,4,12-13H2,1-3H3,(H,22,26)/t15-,16+/m0/s1. The lowest BCUT2D eigenvalue weighted by Gasteiger charge is -2.17. The lowest BCUT2D eigenvalue weighted by molar-refractivity contribution is -0.120. The zero-order valence-electron chi connectivity index (χ0n) is 16.5. The van der Waals surface area contributed by atoms with Crippen LogP contribution in [0.4, 0.5) is 0 Å². The van der Waals surface area contributed by atoms with Crippen LogP contribution in [0.5, 0.6) is 0 Å². The lowest BCUT2D eigenvalue weighted by atomic mass is 10.1. The Kier molecular flexibility index (Phi) is 7.28. The molecule has 0 fully saturated rings. The second-order valence-corrected chi connectivity index (χ2v) is 8.98. The first kappa shape index (κ1) is 20.6. The third kappa shape index (κ3) is 5.23. The third-order valence-electron chi connectivity index (χ3n) is 4.52. The van der Waals surface area contributed by atoms with E-state index in [2.05, 4.69) is 46.1 Å². The first-order valence-electron chi connectivity index (χ1n) is 9.56. The zero-order valence-corrected chi connectivity index (χ0v) is 18.1. The van der Waals surface area contributed by atoms with E-state index in [9.17, 15) is 4.79 Å². The van der Waals surface area contributed by atoms with Crippen LogP contribution in [0.25, 0.3) is 10.7 Å². The third-order valence-corrected chi connectivity index (χ3v) is 6.47. The van der Waals surface area contributed by atoms with Crippen LogP contribution < -0.4 is 5.32 Å². The number of thiophene rings is 1. The molecule has 0 aliphatic rings. The highest BCUT2D eigenvalue weighted by Crippen LogP contribution is 2.29. The summed E-state index contributed by atoms with van der Waals surface area (Å²) in [6.45, 7) is 6.82. The van der Waals surface area contributed by atoms with Crippen LogP contribution in [0.1, 0.15) is 32.8 Å². The van der Waals surface area contributed by atoms with Gasteiger partial charge in [-0.3, -0.25) is 4.79 Å². The Bertz CT molecular complexity index is 877. The fraction of sp³-hybridized carbons (Fsp3) is 0.381. The Morgan fingerprint density at radius 1 is 1.18 bits per heavy atom. The van der Waals surface area contributed by atoms with Gasteiger partial charge in [-0.2, -0.15) is 0 Å². The summed E-state index contributed by atoms with van der Waals surface area (Å²) in [6.07, 6.45) is 1.87. The molecular formula is C21H26N4OS2. The Hall–Kier alpha value is -2.12. The molecule has 2 aromatic heterocycles. The molecule has 3 rings (SSSR count). The van der Waals surface area contributed by atoms with Crippen LogP contribution in [0, 0.1) is 0 Å². The SMILES string of the molecule is CCn1c(S[C@H](C)C(=O)N[C@@H](C)CCc2ccccc2)nnc1-c1cccs1. The lowest BCUT2D eigenvalue weighted by Crippen LogP contribution is -2.38. The van der Waals surface area contributed by atoms with Gasteiger partial charge in [-0.05, 0) is 50.6 Å². The average Bonchev–Trinajstić information content (AvgIpc) is 3.36. The number of nitrogens with zero attached hydrogens (tertiary/aromatic N) is 3. The van der Waals surface area contributed by atoms with Gasteiger partial charge in [0.1, 0.15) is 0 Å². The molecule has 1 aromatic carbocycles.